The fourth-order valence-electron chi connectivity index (χ4n) is 1.78. The average Bonchev–Trinajstić information content (AvgIpc) is 2.54. The number of rotatable bonds is 4. The Bertz CT molecular complexity index is 251. The summed E-state index contributed by atoms with van der Waals surface area (Å²) in [7, 11) is -1.12. The van der Waals surface area contributed by atoms with Gasteiger partial charge in [-0.2, -0.15) is 4.31 Å². The molecule has 0 aromatic heterocycles. The van der Waals surface area contributed by atoms with Gasteiger partial charge in [-0.25, -0.2) is 8.42 Å². The number of hydrogen-bond acceptors (Lipinski definition) is 3. The summed E-state index contributed by atoms with van der Waals surface area (Å²) in [4.78, 5) is 0. The predicted molar refractivity (Wildman–Crippen MR) is 53.1 cm³/mol. The predicted octanol–water partition coefficient (Wildman–Crippen LogP) is 0.0199. The Morgan fingerprint density at radius 1 is 1.54 bits per heavy atom. The van der Waals surface area contributed by atoms with Gasteiger partial charge in [0.1, 0.15) is 0 Å². The van der Waals surface area contributed by atoms with E-state index in [9.17, 15) is 8.42 Å². The van der Waals surface area contributed by atoms with Crippen LogP contribution in [0.15, 0.2) is 0 Å². The molecule has 1 N–H and O–H groups in total. The Morgan fingerprint density at radius 3 is 2.77 bits per heavy atom. The van der Waals surface area contributed by atoms with Gasteiger partial charge in [0.05, 0.1) is 5.75 Å². The highest BCUT2D eigenvalue weighted by molar-refractivity contribution is 7.89. The Hall–Kier alpha value is -0.130. The largest absolute Gasteiger partial charge is 0.318 e. The van der Waals surface area contributed by atoms with E-state index in [1.807, 2.05) is 7.05 Å². The minimum absolute atomic E-state index is 0.176. The van der Waals surface area contributed by atoms with Gasteiger partial charge in [-0.3, -0.25) is 0 Å². The van der Waals surface area contributed by atoms with Crippen LogP contribution >= 0.6 is 0 Å². The van der Waals surface area contributed by atoms with Crippen molar-refractivity contribution in [1.29, 1.82) is 0 Å². The van der Waals surface area contributed by atoms with Crippen molar-refractivity contribution < 1.29 is 8.42 Å². The Kier molecular flexibility index (Phi) is 3.70. The molecule has 1 unspecified atom stereocenters. The van der Waals surface area contributed by atoms with Crippen molar-refractivity contribution in [2.24, 2.45) is 0 Å². The van der Waals surface area contributed by atoms with Gasteiger partial charge in [-0.1, -0.05) is 0 Å². The molecule has 0 spiro atoms. The summed E-state index contributed by atoms with van der Waals surface area (Å²) in [5.41, 5.74) is 0. The van der Waals surface area contributed by atoms with Crippen LogP contribution < -0.4 is 5.32 Å². The standard InChI is InChI=1S/C8H18N2O2S/c1-3-13(11,12)10-6-4-5-8(10)7-9-2/h8-9H,3-7H2,1-2H3. The van der Waals surface area contributed by atoms with Crippen LogP contribution in [0.25, 0.3) is 0 Å². The molecule has 1 saturated heterocycles. The smallest absolute Gasteiger partial charge is 0.214 e. The zero-order valence-electron chi connectivity index (χ0n) is 8.28. The number of nitrogens with one attached hydrogen (secondary N) is 1. The van der Waals surface area contributed by atoms with E-state index in [0.29, 0.717) is 6.54 Å². The summed E-state index contributed by atoms with van der Waals surface area (Å²) >= 11 is 0. The van der Waals surface area contributed by atoms with Crippen molar-refractivity contribution >= 4 is 10.0 Å². The molecular formula is C8H18N2O2S. The molecule has 0 aromatic rings. The first-order valence-corrected chi connectivity index (χ1v) is 6.37. The molecule has 1 aliphatic rings. The minimum Gasteiger partial charge on any atom is -0.318 e. The molecule has 1 atom stereocenters. The third kappa shape index (κ3) is 2.42. The quantitative estimate of drug-likeness (QED) is 0.705. The molecule has 0 amide bonds. The lowest BCUT2D eigenvalue weighted by Crippen LogP contribution is -2.41. The summed E-state index contributed by atoms with van der Waals surface area (Å²) in [6.07, 6.45) is 1.98. The lowest BCUT2D eigenvalue weighted by Gasteiger charge is -2.22. The fraction of sp³-hybridized carbons (Fsp3) is 1.00. The Labute approximate surface area is 80.4 Å². The first kappa shape index (κ1) is 10.9. The maximum absolute atomic E-state index is 11.6. The number of hydrogen-bond donors (Lipinski definition) is 1. The molecule has 0 aromatic carbocycles. The Morgan fingerprint density at radius 2 is 2.23 bits per heavy atom. The fourth-order valence-corrected chi connectivity index (χ4v) is 3.15. The van der Waals surface area contributed by atoms with Crippen LogP contribution in [0.5, 0.6) is 0 Å². The highest BCUT2D eigenvalue weighted by atomic mass is 32.2. The second-order valence-corrected chi connectivity index (χ2v) is 5.58. The van der Waals surface area contributed by atoms with Crippen molar-refractivity contribution in [3.8, 4) is 0 Å². The normalized spacial score (nSPS) is 25.2. The average molecular weight is 206 g/mol. The monoisotopic (exact) mass is 206 g/mol. The second kappa shape index (κ2) is 4.39. The molecule has 78 valence electrons. The summed E-state index contributed by atoms with van der Waals surface area (Å²) in [6, 6.07) is 0.176. The maximum atomic E-state index is 11.6. The molecule has 0 bridgehead atoms. The van der Waals surface area contributed by atoms with E-state index in [4.69, 9.17) is 0 Å². The topological polar surface area (TPSA) is 49.4 Å². The zero-order chi connectivity index (χ0) is 9.90. The number of likely N-dealkylation sites (N-methyl/N-ethyl adjacent to an activating group) is 1. The van der Waals surface area contributed by atoms with E-state index in [2.05, 4.69) is 5.32 Å². The maximum Gasteiger partial charge on any atom is 0.214 e. The lowest BCUT2D eigenvalue weighted by molar-refractivity contribution is 0.380. The van der Waals surface area contributed by atoms with Gasteiger partial charge in [0.2, 0.25) is 10.0 Å². The van der Waals surface area contributed by atoms with E-state index in [0.717, 1.165) is 19.4 Å². The van der Waals surface area contributed by atoms with E-state index in [1.165, 1.54) is 0 Å². The van der Waals surface area contributed by atoms with E-state index in [1.54, 1.807) is 11.2 Å². The van der Waals surface area contributed by atoms with Gasteiger partial charge in [0.15, 0.2) is 0 Å². The third-order valence-corrected chi connectivity index (χ3v) is 4.41. The highest BCUT2D eigenvalue weighted by Crippen LogP contribution is 2.20. The van der Waals surface area contributed by atoms with Crippen LogP contribution in [0.3, 0.4) is 0 Å². The molecule has 1 rings (SSSR count). The van der Waals surface area contributed by atoms with Crippen LogP contribution in [0, 0.1) is 0 Å². The van der Waals surface area contributed by atoms with Crippen LogP contribution in [0.4, 0.5) is 0 Å². The molecule has 0 saturated carbocycles. The van der Waals surface area contributed by atoms with Crippen LogP contribution in [-0.4, -0.2) is 44.7 Å². The lowest BCUT2D eigenvalue weighted by atomic mass is 10.2. The van der Waals surface area contributed by atoms with E-state index < -0.39 is 10.0 Å². The summed E-state index contributed by atoms with van der Waals surface area (Å²) in [5, 5.41) is 3.03. The van der Waals surface area contributed by atoms with Gasteiger partial charge in [-0.05, 0) is 26.8 Å². The zero-order valence-corrected chi connectivity index (χ0v) is 9.10. The molecule has 1 fully saturated rings. The summed E-state index contributed by atoms with van der Waals surface area (Å²) in [5.74, 6) is 0.215. The van der Waals surface area contributed by atoms with Crippen molar-refractivity contribution in [3.05, 3.63) is 0 Å². The van der Waals surface area contributed by atoms with Gasteiger partial charge in [0.25, 0.3) is 0 Å². The van der Waals surface area contributed by atoms with Crippen LogP contribution in [-0.2, 0) is 10.0 Å². The van der Waals surface area contributed by atoms with Crippen LogP contribution in [0.2, 0.25) is 0 Å². The van der Waals surface area contributed by atoms with Crippen molar-refractivity contribution in [2.45, 2.75) is 25.8 Å². The first-order chi connectivity index (χ1) is 6.11. The van der Waals surface area contributed by atoms with Gasteiger partial charge < -0.3 is 5.32 Å². The van der Waals surface area contributed by atoms with Gasteiger partial charge in [0, 0.05) is 19.1 Å². The molecule has 13 heavy (non-hydrogen) atoms. The van der Waals surface area contributed by atoms with Gasteiger partial charge in [-0.15, -0.1) is 0 Å². The summed E-state index contributed by atoms with van der Waals surface area (Å²) in [6.45, 7) is 3.16. The van der Waals surface area contributed by atoms with Crippen LogP contribution in [0.1, 0.15) is 19.8 Å². The Balaban J connectivity index is 2.68. The molecule has 0 radical (unpaired) electrons. The van der Waals surface area contributed by atoms with Gasteiger partial charge >= 0.3 is 0 Å². The number of nitrogens with zero attached hydrogens (tertiary/aromatic N) is 1. The molecule has 1 aliphatic heterocycles. The molecule has 0 aliphatic carbocycles. The molecule has 4 nitrogen and oxygen atoms in total. The minimum atomic E-state index is -2.98. The third-order valence-electron chi connectivity index (χ3n) is 2.48. The van der Waals surface area contributed by atoms with E-state index in [-0.39, 0.29) is 11.8 Å². The SMILES string of the molecule is CCS(=O)(=O)N1CCCC1CNC. The summed E-state index contributed by atoms with van der Waals surface area (Å²) < 4.78 is 24.8. The number of sulfonamides is 1. The van der Waals surface area contributed by atoms with Crippen molar-refractivity contribution in [3.63, 3.8) is 0 Å². The first-order valence-electron chi connectivity index (χ1n) is 4.76. The molecule has 1 heterocycles. The molecular weight excluding hydrogens is 188 g/mol. The second-order valence-electron chi connectivity index (χ2n) is 3.37. The molecule has 5 heteroatoms. The highest BCUT2D eigenvalue weighted by Gasteiger charge is 2.32. The van der Waals surface area contributed by atoms with E-state index >= 15 is 0 Å². The van der Waals surface area contributed by atoms with Crippen molar-refractivity contribution in [2.75, 3.05) is 25.9 Å². The van der Waals surface area contributed by atoms with Crippen molar-refractivity contribution in [1.82, 2.24) is 9.62 Å².